The molecule has 1 fully saturated rings. The predicted octanol–water partition coefficient (Wildman–Crippen LogP) is 1.90. The molecule has 0 aromatic carbocycles. The molecule has 0 bridgehead atoms. The number of carbonyl (C=O) groups excluding carboxylic acids is 1. The van der Waals surface area contributed by atoms with Gasteiger partial charge in [-0.1, -0.05) is 19.8 Å². The first-order valence-corrected chi connectivity index (χ1v) is 6.51. The molecule has 0 saturated heterocycles. The van der Waals surface area contributed by atoms with Gasteiger partial charge in [0.25, 0.3) is 0 Å². The van der Waals surface area contributed by atoms with Crippen molar-refractivity contribution in [1.82, 2.24) is 0 Å². The molecule has 3 atom stereocenters. The van der Waals surface area contributed by atoms with Gasteiger partial charge in [-0.2, -0.15) is 0 Å². The summed E-state index contributed by atoms with van der Waals surface area (Å²) in [6, 6.07) is 0. The molecule has 1 aliphatic carbocycles. The summed E-state index contributed by atoms with van der Waals surface area (Å²) in [5.74, 6) is -0.783. The fraction of sp³-hybridized carbons (Fsp3) is 0.923. The molecule has 4 nitrogen and oxygen atoms in total. The van der Waals surface area contributed by atoms with Crippen molar-refractivity contribution >= 4 is 5.97 Å². The molecule has 4 heteroatoms. The number of ether oxygens (including phenoxy) is 2. The third-order valence-corrected chi connectivity index (χ3v) is 3.72. The lowest BCUT2D eigenvalue weighted by Crippen LogP contribution is -2.54. The van der Waals surface area contributed by atoms with Crippen molar-refractivity contribution in [3.63, 3.8) is 0 Å². The molecule has 0 aromatic rings. The molecule has 0 radical (unpaired) electrons. The van der Waals surface area contributed by atoms with Crippen LogP contribution < -0.4 is 0 Å². The van der Waals surface area contributed by atoms with E-state index in [-0.39, 0.29) is 12.1 Å². The van der Waals surface area contributed by atoms with Gasteiger partial charge in [-0.05, 0) is 26.2 Å². The van der Waals surface area contributed by atoms with Gasteiger partial charge in [0, 0.05) is 7.11 Å². The lowest BCUT2D eigenvalue weighted by atomic mass is 9.72. The monoisotopic (exact) mass is 244 g/mol. The van der Waals surface area contributed by atoms with Crippen molar-refractivity contribution in [3.8, 4) is 0 Å². The van der Waals surface area contributed by atoms with Gasteiger partial charge in [-0.3, -0.25) is 4.79 Å². The van der Waals surface area contributed by atoms with Crippen LogP contribution in [-0.4, -0.2) is 36.5 Å². The van der Waals surface area contributed by atoms with E-state index in [1.54, 1.807) is 14.0 Å². The van der Waals surface area contributed by atoms with Gasteiger partial charge in [-0.15, -0.1) is 0 Å². The summed E-state index contributed by atoms with van der Waals surface area (Å²) < 4.78 is 10.4. The van der Waals surface area contributed by atoms with Crippen LogP contribution in [0.2, 0.25) is 0 Å². The van der Waals surface area contributed by atoms with Crippen LogP contribution >= 0.6 is 0 Å². The zero-order valence-electron chi connectivity index (χ0n) is 11.1. The first kappa shape index (κ1) is 14.5. The van der Waals surface area contributed by atoms with E-state index in [4.69, 9.17) is 9.47 Å². The summed E-state index contributed by atoms with van der Waals surface area (Å²) in [6.07, 6.45) is 3.72. The Morgan fingerprint density at radius 2 is 2.18 bits per heavy atom. The zero-order valence-corrected chi connectivity index (χ0v) is 11.1. The fourth-order valence-corrected chi connectivity index (χ4v) is 2.84. The highest BCUT2D eigenvalue weighted by Crippen LogP contribution is 2.38. The number of aliphatic hydroxyl groups is 1. The van der Waals surface area contributed by atoms with Crippen LogP contribution in [0.4, 0.5) is 0 Å². The van der Waals surface area contributed by atoms with E-state index in [9.17, 15) is 9.90 Å². The maximum Gasteiger partial charge on any atom is 0.311 e. The number of rotatable bonds is 5. The molecule has 0 aliphatic heterocycles. The minimum atomic E-state index is -1.06. The molecular formula is C13H24O4. The van der Waals surface area contributed by atoms with Gasteiger partial charge >= 0.3 is 5.97 Å². The molecule has 1 aliphatic rings. The SMILES string of the molecule is CCOC(=O)C(CC)C1(O)CCCCC1OC. The highest BCUT2D eigenvalue weighted by Gasteiger charge is 2.48. The Morgan fingerprint density at radius 3 is 2.71 bits per heavy atom. The summed E-state index contributed by atoms with van der Waals surface area (Å²) in [5, 5.41) is 10.8. The molecule has 17 heavy (non-hydrogen) atoms. The fourth-order valence-electron chi connectivity index (χ4n) is 2.84. The zero-order chi connectivity index (χ0) is 12.9. The third-order valence-electron chi connectivity index (χ3n) is 3.72. The lowest BCUT2D eigenvalue weighted by molar-refractivity contribution is -0.181. The summed E-state index contributed by atoms with van der Waals surface area (Å²) in [7, 11) is 1.60. The van der Waals surface area contributed by atoms with Crippen LogP contribution in [0.15, 0.2) is 0 Å². The van der Waals surface area contributed by atoms with Gasteiger partial charge in [0.05, 0.1) is 18.6 Å². The topological polar surface area (TPSA) is 55.8 Å². The number of hydrogen-bond donors (Lipinski definition) is 1. The molecule has 3 unspecified atom stereocenters. The number of carbonyl (C=O) groups is 1. The van der Waals surface area contributed by atoms with Crippen molar-refractivity contribution in [2.75, 3.05) is 13.7 Å². The quantitative estimate of drug-likeness (QED) is 0.750. The van der Waals surface area contributed by atoms with Gasteiger partial charge in [0.2, 0.25) is 0 Å². The normalized spacial score (nSPS) is 30.9. The molecule has 0 amide bonds. The summed E-state index contributed by atoms with van der Waals surface area (Å²) in [6.45, 7) is 4.04. The summed E-state index contributed by atoms with van der Waals surface area (Å²) in [5.41, 5.74) is -1.06. The Morgan fingerprint density at radius 1 is 1.47 bits per heavy atom. The largest absolute Gasteiger partial charge is 0.466 e. The van der Waals surface area contributed by atoms with E-state index in [1.807, 2.05) is 6.92 Å². The number of hydrogen-bond acceptors (Lipinski definition) is 4. The van der Waals surface area contributed by atoms with Gasteiger partial charge < -0.3 is 14.6 Å². The standard InChI is InChI=1S/C13H24O4/c1-4-10(12(14)17-5-2)13(15)9-7-6-8-11(13)16-3/h10-11,15H,4-9H2,1-3H3. The van der Waals surface area contributed by atoms with E-state index in [0.717, 1.165) is 19.3 Å². The van der Waals surface area contributed by atoms with Crippen molar-refractivity contribution in [1.29, 1.82) is 0 Å². The van der Waals surface area contributed by atoms with E-state index in [1.165, 1.54) is 0 Å². The van der Waals surface area contributed by atoms with E-state index in [2.05, 4.69) is 0 Å². The Bertz CT molecular complexity index is 254. The van der Waals surface area contributed by atoms with Crippen LogP contribution in [0, 0.1) is 5.92 Å². The van der Waals surface area contributed by atoms with Crippen molar-refractivity contribution < 1.29 is 19.4 Å². The molecular weight excluding hydrogens is 220 g/mol. The minimum Gasteiger partial charge on any atom is -0.466 e. The van der Waals surface area contributed by atoms with E-state index >= 15 is 0 Å². The maximum atomic E-state index is 11.9. The smallest absolute Gasteiger partial charge is 0.311 e. The second-order valence-corrected chi connectivity index (χ2v) is 4.67. The third kappa shape index (κ3) is 2.99. The van der Waals surface area contributed by atoms with Crippen molar-refractivity contribution in [3.05, 3.63) is 0 Å². The second kappa shape index (κ2) is 6.36. The molecule has 1 N–H and O–H groups in total. The Labute approximate surface area is 103 Å². The Hall–Kier alpha value is -0.610. The maximum absolute atomic E-state index is 11.9. The van der Waals surface area contributed by atoms with Gasteiger partial charge in [-0.25, -0.2) is 0 Å². The van der Waals surface area contributed by atoms with Crippen LogP contribution in [0.5, 0.6) is 0 Å². The highest BCUT2D eigenvalue weighted by molar-refractivity contribution is 5.74. The molecule has 0 aromatic heterocycles. The average Bonchev–Trinajstić information content (AvgIpc) is 2.30. The first-order chi connectivity index (χ1) is 8.10. The van der Waals surface area contributed by atoms with Crippen molar-refractivity contribution in [2.45, 2.75) is 57.7 Å². The molecule has 100 valence electrons. The molecule has 0 heterocycles. The van der Waals surface area contributed by atoms with E-state index in [0.29, 0.717) is 19.4 Å². The van der Waals surface area contributed by atoms with E-state index < -0.39 is 11.5 Å². The highest BCUT2D eigenvalue weighted by atomic mass is 16.5. The Balaban J connectivity index is 2.85. The average molecular weight is 244 g/mol. The number of esters is 1. The van der Waals surface area contributed by atoms with Crippen LogP contribution in [0.25, 0.3) is 0 Å². The molecule has 0 spiro atoms. The molecule has 1 rings (SSSR count). The van der Waals surface area contributed by atoms with Crippen LogP contribution in [0.3, 0.4) is 0 Å². The van der Waals surface area contributed by atoms with Crippen molar-refractivity contribution in [2.24, 2.45) is 5.92 Å². The predicted molar refractivity (Wildman–Crippen MR) is 64.6 cm³/mol. The minimum absolute atomic E-state index is 0.259. The first-order valence-electron chi connectivity index (χ1n) is 6.51. The lowest BCUT2D eigenvalue weighted by Gasteiger charge is -2.43. The van der Waals surface area contributed by atoms with Gasteiger partial charge in [0.15, 0.2) is 0 Å². The Kier molecular flexibility index (Phi) is 5.40. The van der Waals surface area contributed by atoms with Gasteiger partial charge in [0.1, 0.15) is 5.60 Å². The summed E-state index contributed by atoms with van der Waals surface area (Å²) in [4.78, 5) is 11.9. The molecule has 1 saturated carbocycles. The van der Waals surface area contributed by atoms with Crippen LogP contribution in [0.1, 0.15) is 46.0 Å². The number of methoxy groups -OCH3 is 1. The second-order valence-electron chi connectivity index (χ2n) is 4.67. The summed E-state index contributed by atoms with van der Waals surface area (Å²) >= 11 is 0. The van der Waals surface area contributed by atoms with Crippen LogP contribution in [-0.2, 0) is 14.3 Å².